The molecule has 7 nitrogen and oxygen atoms in total. The van der Waals surface area contributed by atoms with Crippen molar-refractivity contribution in [3.63, 3.8) is 0 Å². The average molecular weight is 608 g/mol. The maximum absolute atomic E-state index is 16.8. The molecule has 4 saturated carbocycles. The van der Waals surface area contributed by atoms with Crippen molar-refractivity contribution < 1.29 is 18.6 Å². The highest BCUT2D eigenvalue weighted by Crippen LogP contribution is 2.60. The maximum atomic E-state index is 16.8. The van der Waals surface area contributed by atoms with Crippen molar-refractivity contribution in [1.82, 2.24) is 20.3 Å². The molecule has 4 aromatic rings. The molecule has 2 aliphatic heterocycles. The highest BCUT2D eigenvalue weighted by molar-refractivity contribution is 6.03. The summed E-state index contributed by atoms with van der Waals surface area (Å²) in [6.45, 7) is 2.04. The normalized spacial score (nSPS) is 29.9. The zero-order chi connectivity index (χ0) is 30.4. The second kappa shape index (κ2) is 9.98. The van der Waals surface area contributed by atoms with E-state index in [1.54, 1.807) is 6.20 Å². The van der Waals surface area contributed by atoms with E-state index in [1.165, 1.54) is 62.8 Å². The van der Waals surface area contributed by atoms with Gasteiger partial charge in [-0.25, -0.2) is 8.78 Å². The molecule has 6 aliphatic rings. The zero-order valence-electron chi connectivity index (χ0n) is 25.0. The fourth-order valence-corrected chi connectivity index (χ4v) is 9.92. The molecule has 9 heteroatoms. The number of aromatic hydroxyl groups is 1. The van der Waals surface area contributed by atoms with Crippen LogP contribution < -0.4 is 15.0 Å². The molecule has 2 saturated heterocycles. The van der Waals surface area contributed by atoms with Crippen LogP contribution >= 0.6 is 0 Å². The van der Waals surface area contributed by atoms with Gasteiger partial charge in [-0.05, 0) is 92.7 Å². The summed E-state index contributed by atoms with van der Waals surface area (Å²) < 4.78 is 38.1. The number of hydrogen-bond acceptors (Lipinski definition) is 7. The van der Waals surface area contributed by atoms with Crippen molar-refractivity contribution in [2.45, 2.75) is 63.5 Å². The van der Waals surface area contributed by atoms with Crippen LogP contribution in [0, 0.1) is 47.1 Å². The van der Waals surface area contributed by atoms with Gasteiger partial charge in [0.25, 0.3) is 0 Å². The second-order valence-corrected chi connectivity index (χ2v) is 14.4. The highest BCUT2D eigenvalue weighted by Gasteiger charge is 2.51. The number of anilines is 1. The largest absolute Gasteiger partial charge is 0.508 e. The molecule has 4 aliphatic carbocycles. The van der Waals surface area contributed by atoms with Crippen LogP contribution in [0.25, 0.3) is 32.9 Å². The van der Waals surface area contributed by atoms with E-state index in [2.05, 4.69) is 26.1 Å². The summed E-state index contributed by atoms with van der Waals surface area (Å²) >= 11 is 0. The Morgan fingerprint density at radius 2 is 1.73 bits per heavy atom. The number of rotatable bonds is 5. The van der Waals surface area contributed by atoms with Crippen molar-refractivity contribution in [2.24, 2.45) is 23.2 Å². The fourth-order valence-electron chi connectivity index (χ4n) is 9.92. The number of nitrogens with zero attached hydrogens (tertiary/aromatic N) is 4. The smallest absolute Gasteiger partial charge is 0.319 e. The summed E-state index contributed by atoms with van der Waals surface area (Å²) in [6, 6.07) is 6.48. The van der Waals surface area contributed by atoms with Gasteiger partial charge in [-0.3, -0.25) is 4.98 Å². The second-order valence-electron chi connectivity index (χ2n) is 14.4. The third-order valence-electron chi connectivity index (χ3n) is 11.3. The molecule has 0 unspecified atom stereocenters. The van der Waals surface area contributed by atoms with E-state index in [0.717, 1.165) is 43.7 Å². The number of ether oxygens (including phenoxy) is 1. The molecule has 0 radical (unpaired) electrons. The van der Waals surface area contributed by atoms with Gasteiger partial charge in [0.2, 0.25) is 0 Å². The predicted molar refractivity (Wildman–Crippen MR) is 168 cm³/mol. The minimum atomic E-state index is -0.687. The average Bonchev–Trinajstić information content (AvgIpc) is 3.36. The van der Waals surface area contributed by atoms with E-state index in [-0.39, 0.29) is 39.5 Å². The molecule has 4 heterocycles. The van der Waals surface area contributed by atoms with Gasteiger partial charge >= 0.3 is 6.01 Å². The summed E-state index contributed by atoms with van der Waals surface area (Å²) in [5.41, 5.74) is 0.352. The molecule has 2 aromatic heterocycles. The predicted octanol–water partition coefficient (Wildman–Crippen LogP) is 6.35. The summed E-state index contributed by atoms with van der Waals surface area (Å²) in [4.78, 5) is 16.4. The Labute approximate surface area is 260 Å². The zero-order valence-corrected chi connectivity index (χ0v) is 25.0. The third kappa shape index (κ3) is 4.44. The fraction of sp³-hybridized carbons (Fsp3) is 0.472. The van der Waals surface area contributed by atoms with Crippen molar-refractivity contribution in [3.8, 4) is 35.4 Å². The van der Waals surface area contributed by atoms with Crippen molar-refractivity contribution >= 4 is 27.5 Å². The molecule has 0 spiro atoms. The minimum Gasteiger partial charge on any atom is -0.508 e. The third-order valence-corrected chi connectivity index (χ3v) is 11.3. The SMILES string of the molecule is C#Cc1c(F)ccc2cc(O)cc(-c3ncc4c(N5C[C@H]6CC[C@@H](C5)N6)nc(OCC56CC7CC(CC(C7)C5)C6)nc4c3F)c12. The van der Waals surface area contributed by atoms with Gasteiger partial charge in [0.1, 0.15) is 28.6 Å². The van der Waals surface area contributed by atoms with E-state index in [9.17, 15) is 9.50 Å². The number of piperazine rings is 1. The topological polar surface area (TPSA) is 83.4 Å². The lowest BCUT2D eigenvalue weighted by atomic mass is 9.50. The van der Waals surface area contributed by atoms with Crippen LogP contribution in [0.5, 0.6) is 11.8 Å². The first-order valence-corrected chi connectivity index (χ1v) is 16.3. The maximum Gasteiger partial charge on any atom is 0.319 e. The number of phenols is 1. The Bertz CT molecular complexity index is 1870. The molecule has 45 heavy (non-hydrogen) atoms. The summed E-state index contributed by atoms with van der Waals surface area (Å²) in [6.07, 6.45) is 17.1. The molecule has 2 aromatic carbocycles. The lowest BCUT2D eigenvalue weighted by Crippen LogP contribution is -2.51. The standard InChI is InChI=1S/C36H35F2N5O2/c1-2-26-29(37)6-3-22-10-25(44)11-27(30(22)26)32-31(38)33-28(15-39-32)34(43-16-23-4-5-24(17-43)40-23)42-35(41-33)45-18-36-12-19-7-20(13-36)9-21(8-19)14-36/h1,3,6,10-11,15,19-21,23-24,40,44H,4-5,7-9,12-14,16-18H2/t19?,20?,21?,23-,24+,36?. The van der Waals surface area contributed by atoms with Crippen LogP contribution in [0.2, 0.25) is 0 Å². The Balaban J connectivity index is 1.17. The number of terminal acetylenes is 1. The molecule has 10 rings (SSSR count). The number of nitrogens with one attached hydrogen (secondary N) is 1. The Kier molecular flexibility index (Phi) is 6.06. The number of benzene rings is 2. The van der Waals surface area contributed by atoms with Crippen LogP contribution in [0.15, 0.2) is 30.5 Å². The van der Waals surface area contributed by atoms with E-state index in [0.29, 0.717) is 40.7 Å². The Morgan fingerprint density at radius 1 is 1.02 bits per heavy atom. The first-order valence-electron chi connectivity index (χ1n) is 16.3. The molecular weight excluding hydrogens is 572 g/mol. The van der Waals surface area contributed by atoms with Gasteiger partial charge in [0.05, 0.1) is 17.6 Å². The lowest BCUT2D eigenvalue weighted by molar-refractivity contribution is -0.0757. The van der Waals surface area contributed by atoms with Gasteiger partial charge in [-0.15, -0.1) is 6.42 Å². The summed E-state index contributed by atoms with van der Waals surface area (Å²) in [5, 5.41) is 15.5. The van der Waals surface area contributed by atoms with Crippen molar-refractivity contribution in [1.29, 1.82) is 0 Å². The number of hydrogen-bond donors (Lipinski definition) is 2. The molecule has 6 bridgehead atoms. The first kappa shape index (κ1) is 27.3. The van der Waals surface area contributed by atoms with Crippen LogP contribution in [0.1, 0.15) is 56.9 Å². The monoisotopic (exact) mass is 607 g/mol. The van der Waals surface area contributed by atoms with E-state index in [4.69, 9.17) is 16.1 Å². The highest BCUT2D eigenvalue weighted by atomic mass is 19.1. The first-order chi connectivity index (χ1) is 21.8. The van der Waals surface area contributed by atoms with Gasteiger partial charge < -0.3 is 20.1 Å². The molecule has 230 valence electrons. The van der Waals surface area contributed by atoms with E-state index < -0.39 is 11.6 Å². The number of halogens is 2. The van der Waals surface area contributed by atoms with E-state index >= 15 is 4.39 Å². The lowest BCUT2D eigenvalue weighted by Gasteiger charge is -2.56. The van der Waals surface area contributed by atoms with Crippen LogP contribution in [0.4, 0.5) is 14.6 Å². The van der Waals surface area contributed by atoms with Crippen LogP contribution in [0.3, 0.4) is 0 Å². The number of pyridine rings is 1. The van der Waals surface area contributed by atoms with Gasteiger partial charge in [-0.2, -0.15) is 9.97 Å². The minimum absolute atomic E-state index is 0.0111. The van der Waals surface area contributed by atoms with Gasteiger partial charge in [-0.1, -0.05) is 12.0 Å². The summed E-state index contributed by atoms with van der Waals surface area (Å²) in [7, 11) is 0. The van der Waals surface area contributed by atoms with Crippen molar-refractivity contribution in [3.05, 3.63) is 47.7 Å². The Morgan fingerprint density at radius 3 is 2.42 bits per heavy atom. The van der Waals surface area contributed by atoms with Crippen molar-refractivity contribution in [2.75, 3.05) is 24.6 Å². The Hall–Kier alpha value is -4.03. The molecule has 0 amide bonds. The van der Waals surface area contributed by atoms with Gasteiger partial charge in [0.15, 0.2) is 5.82 Å². The number of fused-ring (bicyclic) bond motifs is 4. The molecule has 6 fully saturated rings. The number of aromatic nitrogens is 3. The molecule has 2 atom stereocenters. The number of phenolic OH excluding ortho intramolecular Hbond substituents is 1. The van der Waals surface area contributed by atoms with Crippen LogP contribution in [-0.4, -0.2) is 51.8 Å². The van der Waals surface area contributed by atoms with E-state index in [1.807, 2.05) is 0 Å². The van der Waals surface area contributed by atoms with Crippen LogP contribution in [-0.2, 0) is 0 Å². The molecular formula is C36H35F2N5O2. The van der Waals surface area contributed by atoms with Gasteiger partial charge in [0, 0.05) is 47.7 Å². The quantitative estimate of drug-likeness (QED) is 0.256. The molecule has 2 N–H and O–H groups in total. The summed E-state index contributed by atoms with van der Waals surface area (Å²) in [5.74, 6) is 3.98.